The number of aliphatic hydroxyl groups excluding tert-OH is 2. The van der Waals surface area contributed by atoms with Crippen molar-refractivity contribution in [2.75, 3.05) is 20.2 Å². The van der Waals surface area contributed by atoms with Crippen molar-refractivity contribution in [1.29, 1.82) is 0 Å². The lowest BCUT2D eigenvalue weighted by molar-refractivity contribution is 0.141. The number of piperidine rings is 1. The maximum atomic E-state index is 12.7. The Morgan fingerprint density at radius 1 is 1.10 bits per heavy atom. The summed E-state index contributed by atoms with van der Waals surface area (Å²) in [6.07, 6.45) is 1.39. The number of nitrogens with one attached hydrogen (secondary N) is 1. The fourth-order valence-electron chi connectivity index (χ4n) is 4.97. The molecule has 2 aromatic carbocycles. The molecule has 0 saturated carbocycles. The van der Waals surface area contributed by atoms with E-state index < -0.39 is 5.41 Å². The van der Waals surface area contributed by atoms with E-state index in [2.05, 4.69) is 9.88 Å². The number of likely N-dealkylation sites (tertiary alicyclic amines) is 1. The molecule has 5 rings (SSSR count). The van der Waals surface area contributed by atoms with Crippen molar-refractivity contribution in [2.45, 2.75) is 24.8 Å². The summed E-state index contributed by atoms with van der Waals surface area (Å²) in [6.45, 7) is 1.99. The van der Waals surface area contributed by atoms with Crippen LogP contribution in [0.1, 0.15) is 29.5 Å². The second kappa shape index (κ2) is 6.92. The monoisotopic (exact) mass is 404 g/mol. The van der Waals surface area contributed by atoms with E-state index in [0.717, 1.165) is 29.6 Å². The molecular weight excluding hydrogens is 380 g/mol. The number of nitrogens with zero attached hydrogens (tertiary/aromatic N) is 1. The highest BCUT2D eigenvalue weighted by molar-refractivity contribution is 5.84. The van der Waals surface area contributed by atoms with Gasteiger partial charge in [0, 0.05) is 23.1 Å². The summed E-state index contributed by atoms with van der Waals surface area (Å²) in [5.74, 6) is 0.732. The van der Waals surface area contributed by atoms with Crippen LogP contribution in [0.2, 0.25) is 0 Å². The highest BCUT2D eigenvalue weighted by atomic mass is 16.5. The molecule has 0 radical (unpaired) electrons. The first-order valence-electron chi connectivity index (χ1n) is 10.2. The maximum Gasteiger partial charge on any atom is 0.253 e. The van der Waals surface area contributed by atoms with Gasteiger partial charge < -0.3 is 19.9 Å². The minimum absolute atomic E-state index is 0.000953. The molecule has 0 unspecified atom stereocenters. The van der Waals surface area contributed by atoms with E-state index in [1.54, 1.807) is 7.11 Å². The van der Waals surface area contributed by atoms with E-state index in [0.29, 0.717) is 36.2 Å². The average molecular weight is 404 g/mol. The molecule has 2 aliphatic rings. The fraction of sp³-hybridized carbons (Fsp3) is 0.292. The molecule has 30 heavy (non-hydrogen) atoms. The molecule has 1 fully saturated rings. The molecule has 6 nitrogen and oxygen atoms in total. The molecule has 1 spiro atoms. The van der Waals surface area contributed by atoms with Crippen LogP contribution in [-0.4, -0.2) is 40.3 Å². The molecule has 3 aromatic rings. The number of hydrogen-bond acceptors (Lipinski definition) is 5. The topological polar surface area (TPSA) is 85.8 Å². The van der Waals surface area contributed by atoms with Crippen LogP contribution in [0.3, 0.4) is 0 Å². The number of aromatic amines is 1. The summed E-state index contributed by atoms with van der Waals surface area (Å²) in [5.41, 5.74) is 2.50. The smallest absolute Gasteiger partial charge is 0.253 e. The Hall–Kier alpha value is -3.25. The lowest BCUT2D eigenvalue weighted by Crippen LogP contribution is -2.43. The normalized spacial score (nSPS) is 18.2. The van der Waals surface area contributed by atoms with Crippen molar-refractivity contribution in [1.82, 2.24) is 9.88 Å². The van der Waals surface area contributed by atoms with Gasteiger partial charge in [-0.2, -0.15) is 0 Å². The van der Waals surface area contributed by atoms with Crippen LogP contribution >= 0.6 is 0 Å². The van der Waals surface area contributed by atoms with E-state index in [9.17, 15) is 15.0 Å². The lowest BCUT2D eigenvalue weighted by Gasteiger charge is -2.39. The Labute approximate surface area is 174 Å². The Morgan fingerprint density at radius 3 is 2.63 bits per heavy atom. The largest absolute Gasteiger partial charge is 0.507 e. The first kappa shape index (κ1) is 18.8. The van der Waals surface area contributed by atoms with Gasteiger partial charge in [-0.15, -0.1) is 0 Å². The van der Waals surface area contributed by atoms with E-state index in [1.807, 2.05) is 48.5 Å². The molecule has 1 saturated heterocycles. The molecular formula is C24H24N2O4. The van der Waals surface area contributed by atoms with Crippen molar-refractivity contribution in [3.63, 3.8) is 0 Å². The number of hydrogen-bond donors (Lipinski definition) is 3. The number of pyridine rings is 1. The molecule has 0 bridgehead atoms. The molecule has 154 valence electrons. The van der Waals surface area contributed by atoms with Crippen molar-refractivity contribution in [3.8, 4) is 5.75 Å². The van der Waals surface area contributed by atoms with Gasteiger partial charge in [-0.3, -0.25) is 9.69 Å². The molecule has 2 heterocycles. The van der Waals surface area contributed by atoms with Crippen LogP contribution in [0.15, 0.2) is 59.1 Å². The Kier molecular flexibility index (Phi) is 4.33. The predicted octanol–water partition coefficient (Wildman–Crippen LogP) is 3.87. The summed E-state index contributed by atoms with van der Waals surface area (Å²) < 4.78 is 5.34. The number of aromatic nitrogens is 1. The number of fused-ring (bicyclic) bond motifs is 3. The van der Waals surface area contributed by atoms with E-state index in [-0.39, 0.29) is 17.1 Å². The van der Waals surface area contributed by atoms with Gasteiger partial charge in [0.15, 0.2) is 5.76 Å². The minimum atomic E-state index is -0.527. The van der Waals surface area contributed by atoms with Gasteiger partial charge in [0.1, 0.15) is 11.5 Å². The SMILES string of the molecule is COc1cccc2cc(CN3CCC4(CC3)C(O)=C(O)c3ccccc34)c(=O)[nH]c12. The third kappa shape index (κ3) is 2.71. The molecule has 1 aliphatic carbocycles. The zero-order valence-corrected chi connectivity index (χ0v) is 16.8. The van der Waals surface area contributed by atoms with Crippen LogP contribution in [0, 0.1) is 0 Å². The zero-order valence-electron chi connectivity index (χ0n) is 16.8. The number of rotatable bonds is 3. The Morgan fingerprint density at radius 2 is 1.87 bits per heavy atom. The second-order valence-electron chi connectivity index (χ2n) is 8.15. The number of para-hydroxylation sites is 1. The number of aliphatic hydroxyl groups is 2. The minimum Gasteiger partial charge on any atom is -0.507 e. The van der Waals surface area contributed by atoms with Gasteiger partial charge >= 0.3 is 0 Å². The van der Waals surface area contributed by atoms with E-state index in [1.165, 1.54) is 0 Å². The van der Waals surface area contributed by atoms with Gasteiger partial charge in [0.2, 0.25) is 0 Å². The van der Waals surface area contributed by atoms with Gasteiger partial charge in [0.05, 0.1) is 18.0 Å². The zero-order chi connectivity index (χ0) is 20.9. The maximum absolute atomic E-state index is 12.7. The number of benzene rings is 2. The standard InChI is InChI=1S/C24H24N2O4/c1-30-19-8-4-5-15-13-16(23(29)25-20(15)19)14-26-11-9-24(10-12-26)18-7-3-2-6-17(18)21(27)22(24)28/h2-8,13,27-28H,9-12,14H2,1H3,(H,25,29). The van der Waals surface area contributed by atoms with Gasteiger partial charge in [-0.05, 0) is 43.6 Å². The van der Waals surface area contributed by atoms with Crippen molar-refractivity contribution in [2.24, 2.45) is 0 Å². The number of ether oxygens (including phenoxy) is 1. The summed E-state index contributed by atoms with van der Waals surface area (Å²) >= 11 is 0. The van der Waals surface area contributed by atoms with Crippen molar-refractivity contribution >= 4 is 16.7 Å². The van der Waals surface area contributed by atoms with E-state index in [4.69, 9.17) is 4.74 Å². The first-order chi connectivity index (χ1) is 14.5. The van der Waals surface area contributed by atoms with Gasteiger partial charge in [-0.25, -0.2) is 0 Å². The molecule has 0 atom stereocenters. The predicted molar refractivity (Wildman–Crippen MR) is 116 cm³/mol. The Bertz CT molecular complexity index is 1220. The summed E-state index contributed by atoms with van der Waals surface area (Å²) in [7, 11) is 1.59. The molecule has 1 aliphatic heterocycles. The second-order valence-corrected chi connectivity index (χ2v) is 8.15. The van der Waals surface area contributed by atoms with Crippen LogP contribution in [0.25, 0.3) is 16.7 Å². The van der Waals surface area contributed by atoms with E-state index >= 15 is 0 Å². The molecule has 6 heteroatoms. The summed E-state index contributed by atoms with van der Waals surface area (Å²) in [6, 6.07) is 15.3. The van der Waals surface area contributed by atoms with Crippen LogP contribution in [0.5, 0.6) is 5.75 Å². The number of methoxy groups -OCH3 is 1. The van der Waals surface area contributed by atoms with Crippen molar-refractivity contribution in [3.05, 3.63) is 81.3 Å². The van der Waals surface area contributed by atoms with Crippen LogP contribution in [0.4, 0.5) is 0 Å². The van der Waals surface area contributed by atoms with Gasteiger partial charge in [-0.1, -0.05) is 36.4 Å². The Balaban J connectivity index is 1.39. The number of H-pyrrole nitrogens is 1. The summed E-state index contributed by atoms with van der Waals surface area (Å²) in [5, 5.41) is 22.1. The first-order valence-corrected chi connectivity index (χ1v) is 10.2. The molecule has 0 amide bonds. The third-order valence-corrected chi connectivity index (χ3v) is 6.62. The average Bonchev–Trinajstić information content (AvgIpc) is 2.98. The number of allylic oxidation sites excluding steroid dienone is 1. The highest BCUT2D eigenvalue weighted by Gasteiger charge is 2.47. The summed E-state index contributed by atoms with van der Waals surface area (Å²) in [4.78, 5) is 17.8. The van der Waals surface area contributed by atoms with Crippen LogP contribution < -0.4 is 10.3 Å². The van der Waals surface area contributed by atoms with Crippen molar-refractivity contribution < 1.29 is 14.9 Å². The lowest BCUT2D eigenvalue weighted by atomic mass is 9.73. The highest BCUT2D eigenvalue weighted by Crippen LogP contribution is 2.50. The van der Waals surface area contributed by atoms with Crippen LogP contribution in [-0.2, 0) is 12.0 Å². The third-order valence-electron chi connectivity index (χ3n) is 6.62. The quantitative estimate of drug-likeness (QED) is 0.617. The molecule has 1 aromatic heterocycles. The fourth-order valence-corrected chi connectivity index (χ4v) is 4.97. The molecule has 3 N–H and O–H groups in total. The van der Waals surface area contributed by atoms with Gasteiger partial charge in [0.25, 0.3) is 5.56 Å².